The molecule has 0 fully saturated rings. The van der Waals surface area contributed by atoms with Crippen molar-refractivity contribution < 1.29 is 9.47 Å². The molecule has 1 aromatic rings. The van der Waals surface area contributed by atoms with E-state index in [9.17, 15) is 0 Å². The number of nitrogens with one attached hydrogen (secondary N) is 1. The van der Waals surface area contributed by atoms with E-state index in [1.165, 1.54) is 11.5 Å². The molecule has 0 saturated carbocycles. The van der Waals surface area contributed by atoms with Crippen LogP contribution in [0.4, 0.5) is 10.8 Å². The van der Waals surface area contributed by atoms with Crippen LogP contribution in [0.1, 0.15) is 0 Å². The number of nitrogens with two attached hydrogens (primary N) is 1. The molecule has 0 aromatic carbocycles. The fourth-order valence-corrected chi connectivity index (χ4v) is 1.56. The Hall–Kier alpha value is -0.850. The van der Waals surface area contributed by atoms with Crippen LogP contribution in [0.3, 0.4) is 0 Å². The largest absolute Gasteiger partial charge is 0.383 e. The Kier molecular flexibility index (Phi) is 4.64. The number of aromatic nitrogens is 1. The smallest absolute Gasteiger partial charge is 0.139 e. The summed E-state index contributed by atoms with van der Waals surface area (Å²) in [6.07, 6.45) is 0.0447. The van der Waals surface area contributed by atoms with Gasteiger partial charge in [0.25, 0.3) is 0 Å². The molecule has 6 heteroatoms. The highest BCUT2D eigenvalue weighted by Crippen LogP contribution is 2.17. The first-order valence-corrected chi connectivity index (χ1v) is 5.01. The predicted molar refractivity (Wildman–Crippen MR) is 57.7 cm³/mol. The number of hydrogen-bond acceptors (Lipinski definition) is 6. The Morgan fingerprint density at radius 1 is 1.64 bits per heavy atom. The van der Waals surface area contributed by atoms with Crippen molar-refractivity contribution in [2.24, 2.45) is 0 Å². The molecule has 0 radical (unpaired) electrons. The van der Waals surface area contributed by atoms with Gasteiger partial charge >= 0.3 is 0 Å². The van der Waals surface area contributed by atoms with E-state index in [0.717, 1.165) is 5.00 Å². The number of nitrogens with zero attached hydrogens (tertiary/aromatic N) is 1. The highest BCUT2D eigenvalue weighted by atomic mass is 32.1. The lowest BCUT2D eigenvalue weighted by molar-refractivity contribution is 0.0366. The normalized spacial score (nSPS) is 12.7. The van der Waals surface area contributed by atoms with E-state index in [1.807, 2.05) is 0 Å². The van der Waals surface area contributed by atoms with Crippen molar-refractivity contribution in [3.8, 4) is 0 Å². The van der Waals surface area contributed by atoms with Crippen LogP contribution in [-0.4, -0.2) is 37.8 Å². The van der Waals surface area contributed by atoms with E-state index >= 15 is 0 Å². The van der Waals surface area contributed by atoms with Crippen molar-refractivity contribution in [3.05, 3.63) is 6.07 Å². The van der Waals surface area contributed by atoms with Crippen molar-refractivity contribution in [3.63, 3.8) is 0 Å². The van der Waals surface area contributed by atoms with Gasteiger partial charge < -0.3 is 20.5 Å². The number of methoxy groups -OCH3 is 2. The van der Waals surface area contributed by atoms with Crippen molar-refractivity contribution in [2.45, 2.75) is 6.10 Å². The molecular weight excluding hydrogens is 202 g/mol. The SMILES string of the molecule is COCC(CNc1cc(N)ns1)OC. The molecular formula is C8H15N3O2S. The van der Waals surface area contributed by atoms with Gasteiger partial charge in [0, 0.05) is 26.8 Å². The first-order valence-electron chi connectivity index (χ1n) is 4.24. The number of hydrogen-bond donors (Lipinski definition) is 2. The number of ether oxygens (including phenoxy) is 2. The lowest BCUT2D eigenvalue weighted by Gasteiger charge is -2.14. The summed E-state index contributed by atoms with van der Waals surface area (Å²) in [4.78, 5) is 0. The summed E-state index contributed by atoms with van der Waals surface area (Å²) in [5.41, 5.74) is 5.48. The second kappa shape index (κ2) is 5.79. The number of anilines is 2. The summed E-state index contributed by atoms with van der Waals surface area (Å²) in [7, 11) is 3.31. The van der Waals surface area contributed by atoms with Gasteiger partial charge in [0.2, 0.25) is 0 Å². The minimum atomic E-state index is 0.0447. The maximum Gasteiger partial charge on any atom is 0.139 e. The standard InChI is InChI=1S/C8H15N3O2S/c1-12-5-6(13-2)4-10-8-3-7(9)11-14-8/h3,6,10H,4-5H2,1-2H3,(H2,9,11). The van der Waals surface area contributed by atoms with Crippen molar-refractivity contribution >= 4 is 22.4 Å². The zero-order valence-electron chi connectivity index (χ0n) is 8.32. The van der Waals surface area contributed by atoms with Crippen molar-refractivity contribution in [1.82, 2.24) is 4.37 Å². The Balaban J connectivity index is 2.31. The Labute approximate surface area is 87.4 Å². The summed E-state index contributed by atoms with van der Waals surface area (Å²) < 4.78 is 14.1. The van der Waals surface area contributed by atoms with Crippen LogP contribution in [0.2, 0.25) is 0 Å². The summed E-state index contributed by atoms with van der Waals surface area (Å²) in [6.45, 7) is 1.25. The van der Waals surface area contributed by atoms with Gasteiger partial charge in [-0.2, -0.15) is 4.37 Å². The fraction of sp³-hybridized carbons (Fsp3) is 0.625. The highest BCUT2D eigenvalue weighted by Gasteiger charge is 2.07. The zero-order chi connectivity index (χ0) is 10.4. The fourth-order valence-electron chi connectivity index (χ4n) is 0.983. The molecule has 1 atom stereocenters. The van der Waals surface area contributed by atoms with Gasteiger partial charge in [0.05, 0.1) is 12.7 Å². The molecule has 14 heavy (non-hydrogen) atoms. The maximum atomic E-state index is 5.48. The molecule has 0 aliphatic rings. The average molecular weight is 217 g/mol. The van der Waals surface area contributed by atoms with Gasteiger partial charge in [-0.25, -0.2) is 0 Å². The summed E-state index contributed by atoms with van der Waals surface area (Å²) in [5, 5.41) is 4.12. The van der Waals surface area contributed by atoms with Gasteiger partial charge in [0.15, 0.2) is 0 Å². The molecule has 1 heterocycles. The van der Waals surface area contributed by atoms with E-state index in [1.54, 1.807) is 20.3 Å². The molecule has 80 valence electrons. The minimum absolute atomic E-state index is 0.0447. The van der Waals surface area contributed by atoms with Crippen molar-refractivity contribution in [2.75, 3.05) is 38.4 Å². The molecule has 3 N–H and O–H groups in total. The Bertz CT molecular complexity index is 267. The van der Waals surface area contributed by atoms with Gasteiger partial charge in [-0.3, -0.25) is 0 Å². The molecule has 1 aromatic heterocycles. The van der Waals surface area contributed by atoms with Crippen LogP contribution in [0.25, 0.3) is 0 Å². The maximum absolute atomic E-state index is 5.48. The summed E-state index contributed by atoms with van der Waals surface area (Å²) in [5.74, 6) is 0.540. The minimum Gasteiger partial charge on any atom is -0.383 e. The van der Waals surface area contributed by atoms with Gasteiger partial charge in [0.1, 0.15) is 10.8 Å². The molecule has 5 nitrogen and oxygen atoms in total. The number of rotatable bonds is 6. The van der Waals surface area contributed by atoms with Gasteiger partial charge in [-0.1, -0.05) is 0 Å². The van der Waals surface area contributed by atoms with Crippen molar-refractivity contribution in [1.29, 1.82) is 0 Å². The Morgan fingerprint density at radius 2 is 2.43 bits per heavy atom. The second-order valence-corrected chi connectivity index (χ2v) is 3.61. The monoisotopic (exact) mass is 217 g/mol. The van der Waals surface area contributed by atoms with Crippen LogP contribution < -0.4 is 11.1 Å². The van der Waals surface area contributed by atoms with E-state index in [0.29, 0.717) is 19.0 Å². The van der Waals surface area contributed by atoms with E-state index in [2.05, 4.69) is 9.69 Å². The molecule has 1 unspecified atom stereocenters. The lowest BCUT2D eigenvalue weighted by atomic mass is 10.4. The molecule has 0 spiro atoms. The van der Waals surface area contributed by atoms with E-state index in [4.69, 9.17) is 15.2 Å². The third-order valence-corrected chi connectivity index (χ3v) is 2.48. The molecule has 1 rings (SSSR count). The first-order chi connectivity index (χ1) is 6.76. The van der Waals surface area contributed by atoms with Crippen LogP contribution in [-0.2, 0) is 9.47 Å². The van der Waals surface area contributed by atoms with Gasteiger partial charge in [-0.15, -0.1) is 0 Å². The molecule has 0 aliphatic carbocycles. The molecule has 0 saturated heterocycles. The predicted octanol–water partition coefficient (Wildman–Crippen LogP) is 0.799. The molecule has 0 aliphatic heterocycles. The first kappa shape index (κ1) is 11.2. The highest BCUT2D eigenvalue weighted by molar-refractivity contribution is 7.10. The quantitative estimate of drug-likeness (QED) is 0.737. The van der Waals surface area contributed by atoms with E-state index < -0.39 is 0 Å². The Morgan fingerprint density at radius 3 is 2.93 bits per heavy atom. The van der Waals surface area contributed by atoms with Crippen LogP contribution >= 0.6 is 11.5 Å². The number of nitrogen functional groups attached to an aromatic ring is 1. The van der Waals surface area contributed by atoms with Crippen LogP contribution in [0.5, 0.6) is 0 Å². The summed E-state index contributed by atoms with van der Waals surface area (Å²) in [6, 6.07) is 1.80. The van der Waals surface area contributed by atoms with Crippen LogP contribution in [0, 0.1) is 0 Å². The molecule has 0 bridgehead atoms. The third kappa shape index (κ3) is 3.49. The summed E-state index contributed by atoms with van der Waals surface area (Å²) >= 11 is 1.34. The third-order valence-electron chi connectivity index (χ3n) is 1.72. The van der Waals surface area contributed by atoms with Crippen LogP contribution in [0.15, 0.2) is 6.07 Å². The molecule has 0 amide bonds. The average Bonchev–Trinajstić information content (AvgIpc) is 2.59. The van der Waals surface area contributed by atoms with Gasteiger partial charge in [-0.05, 0) is 11.5 Å². The topological polar surface area (TPSA) is 69.4 Å². The second-order valence-electron chi connectivity index (χ2n) is 2.81. The van der Waals surface area contributed by atoms with E-state index in [-0.39, 0.29) is 6.10 Å². The lowest BCUT2D eigenvalue weighted by Crippen LogP contribution is -2.26. The zero-order valence-corrected chi connectivity index (χ0v) is 9.13.